The molecule has 1 aliphatic rings. The second kappa shape index (κ2) is 7.31. The van der Waals surface area contributed by atoms with E-state index in [9.17, 15) is 9.59 Å². The second-order valence-electron chi connectivity index (χ2n) is 5.79. The largest absolute Gasteiger partial charge is 0.365 e. The van der Waals surface area contributed by atoms with Crippen LogP contribution in [0.25, 0.3) is 0 Å². The van der Waals surface area contributed by atoms with Crippen molar-refractivity contribution in [1.29, 1.82) is 0 Å². The van der Waals surface area contributed by atoms with Crippen LogP contribution in [0.2, 0.25) is 0 Å². The third kappa shape index (κ3) is 3.76. The maximum absolute atomic E-state index is 12.2. The molecule has 2 aromatic rings. The van der Waals surface area contributed by atoms with E-state index >= 15 is 0 Å². The van der Waals surface area contributed by atoms with Gasteiger partial charge in [0.2, 0.25) is 5.91 Å². The molecule has 0 saturated heterocycles. The molecule has 24 heavy (non-hydrogen) atoms. The lowest BCUT2D eigenvalue weighted by Crippen LogP contribution is -2.20. The molecule has 8 heteroatoms. The Kier molecular flexibility index (Phi) is 5.15. The normalized spacial score (nSPS) is 16.5. The van der Waals surface area contributed by atoms with Crippen LogP contribution in [0, 0.1) is 5.92 Å². The Balaban J connectivity index is 1.72. The van der Waals surface area contributed by atoms with Gasteiger partial charge in [0.05, 0.1) is 11.3 Å². The molecule has 2 amide bonds. The maximum Gasteiger partial charge on any atom is 0.251 e. The first kappa shape index (κ1) is 16.9. The molecule has 0 spiro atoms. The number of nitrogens with zero attached hydrogens (tertiary/aromatic N) is 2. The molecule has 0 aromatic carbocycles. The van der Waals surface area contributed by atoms with Gasteiger partial charge in [-0.2, -0.15) is 0 Å². The number of hydrogen-bond acceptors (Lipinski definition) is 6. The molecule has 0 aliphatic heterocycles. The maximum atomic E-state index is 12.2. The number of rotatable bonds is 5. The van der Waals surface area contributed by atoms with Crippen molar-refractivity contribution in [3.8, 4) is 0 Å². The van der Waals surface area contributed by atoms with Crippen molar-refractivity contribution in [2.45, 2.75) is 31.3 Å². The summed E-state index contributed by atoms with van der Waals surface area (Å²) in [5, 5.41) is 3.95. The number of hydrogen-bond donors (Lipinski definition) is 2. The molecular formula is C16H18N4O2S2. The summed E-state index contributed by atoms with van der Waals surface area (Å²) in [6.07, 6.45) is 6.08. The molecule has 0 unspecified atom stereocenters. The van der Waals surface area contributed by atoms with Gasteiger partial charge in [-0.05, 0) is 36.8 Å². The van der Waals surface area contributed by atoms with Gasteiger partial charge in [0, 0.05) is 17.3 Å². The highest BCUT2D eigenvalue weighted by molar-refractivity contribution is 7.99. The van der Waals surface area contributed by atoms with E-state index in [1.54, 1.807) is 18.5 Å². The van der Waals surface area contributed by atoms with Crippen LogP contribution in [-0.4, -0.2) is 27.5 Å². The molecule has 3 N–H and O–H groups in total. The number of nitrogens with two attached hydrogens (primary N) is 1. The number of anilines is 1. The van der Waals surface area contributed by atoms with Crippen molar-refractivity contribution in [3.05, 3.63) is 34.5 Å². The Morgan fingerprint density at radius 3 is 2.88 bits per heavy atom. The van der Waals surface area contributed by atoms with E-state index in [1.165, 1.54) is 23.1 Å². The van der Waals surface area contributed by atoms with Crippen molar-refractivity contribution in [2.24, 2.45) is 11.7 Å². The van der Waals surface area contributed by atoms with Crippen LogP contribution in [0.1, 0.15) is 34.1 Å². The first-order valence-corrected chi connectivity index (χ1v) is 9.48. The predicted molar refractivity (Wildman–Crippen MR) is 95.4 cm³/mol. The van der Waals surface area contributed by atoms with Gasteiger partial charge < -0.3 is 11.1 Å². The summed E-state index contributed by atoms with van der Waals surface area (Å²) in [7, 11) is 0. The van der Waals surface area contributed by atoms with Gasteiger partial charge in [-0.3, -0.25) is 9.59 Å². The average Bonchev–Trinajstić information content (AvgIpc) is 2.90. The fraction of sp³-hybridized carbons (Fsp3) is 0.375. The smallest absolute Gasteiger partial charge is 0.251 e. The quantitative estimate of drug-likeness (QED) is 0.629. The lowest BCUT2D eigenvalue weighted by atomic mass is 9.88. The molecule has 2 aromatic heterocycles. The van der Waals surface area contributed by atoms with Crippen LogP contribution in [-0.2, 0) is 17.6 Å². The van der Waals surface area contributed by atoms with Crippen LogP contribution in [0.3, 0.4) is 0 Å². The Morgan fingerprint density at radius 2 is 2.17 bits per heavy atom. The van der Waals surface area contributed by atoms with Gasteiger partial charge in [0.1, 0.15) is 5.00 Å². The van der Waals surface area contributed by atoms with E-state index in [2.05, 4.69) is 22.2 Å². The van der Waals surface area contributed by atoms with Crippen molar-refractivity contribution >= 4 is 39.9 Å². The molecule has 0 saturated carbocycles. The zero-order valence-electron chi connectivity index (χ0n) is 13.2. The first-order chi connectivity index (χ1) is 11.5. The summed E-state index contributed by atoms with van der Waals surface area (Å²) < 4.78 is 0. The number of carbonyl (C=O) groups is 2. The number of carbonyl (C=O) groups excluding carboxylic acids is 2. The minimum absolute atomic E-state index is 0.182. The van der Waals surface area contributed by atoms with Crippen LogP contribution >= 0.6 is 23.1 Å². The number of thioether (sulfide) groups is 1. The number of amides is 2. The van der Waals surface area contributed by atoms with Crippen molar-refractivity contribution in [2.75, 3.05) is 11.1 Å². The minimum atomic E-state index is -0.476. The van der Waals surface area contributed by atoms with Crippen LogP contribution in [0.15, 0.2) is 23.6 Å². The molecule has 0 fully saturated rings. The first-order valence-electron chi connectivity index (χ1n) is 7.68. The molecule has 0 radical (unpaired) electrons. The van der Waals surface area contributed by atoms with E-state index in [4.69, 9.17) is 5.73 Å². The van der Waals surface area contributed by atoms with E-state index in [0.717, 1.165) is 29.7 Å². The second-order valence-corrected chi connectivity index (χ2v) is 7.84. The van der Waals surface area contributed by atoms with Crippen molar-refractivity contribution < 1.29 is 9.59 Å². The van der Waals surface area contributed by atoms with Gasteiger partial charge in [0.25, 0.3) is 5.91 Å². The van der Waals surface area contributed by atoms with Gasteiger partial charge >= 0.3 is 0 Å². The van der Waals surface area contributed by atoms with Crippen molar-refractivity contribution in [1.82, 2.24) is 9.97 Å². The highest BCUT2D eigenvalue weighted by Crippen LogP contribution is 2.39. The lowest BCUT2D eigenvalue weighted by molar-refractivity contribution is -0.113. The van der Waals surface area contributed by atoms with Gasteiger partial charge in [0.15, 0.2) is 5.16 Å². The van der Waals surface area contributed by atoms with Crippen LogP contribution in [0.5, 0.6) is 0 Å². The van der Waals surface area contributed by atoms with Gasteiger partial charge in [-0.25, -0.2) is 9.97 Å². The average molecular weight is 362 g/mol. The van der Waals surface area contributed by atoms with Crippen molar-refractivity contribution in [3.63, 3.8) is 0 Å². The highest BCUT2D eigenvalue weighted by atomic mass is 32.2. The summed E-state index contributed by atoms with van der Waals surface area (Å²) >= 11 is 2.72. The molecular weight excluding hydrogens is 344 g/mol. The number of thiophene rings is 1. The minimum Gasteiger partial charge on any atom is -0.365 e. The molecule has 0 bridgehead atoms. The van der Waals surface area contributed by atoms with E-state index in [1.807, 2.05) is 0 Å². The zero-order valence-corrected chi connectivity index (χ0v) is 14.9. The van der Waals surface area contributed by atoms with Crippen LogP contribution in [0.4, 0.5) is 5.00 Å². The Hall–Kier alpha value is -1.93. The topological polar surface area (TPSA) is 98.0 Å². The Bertz CT molecular complexity index is 761. The third-order valence-electron chi connectivity index (χ3n) is 3.89. The summed E-state index contributed by atoms with van der Waals surface area (Å²) in [6.45, 7) is 2.20. The SMILES string of the molecule is C[C@H]1CCc2c(sc(NC(=O)CSc3ncccn3)c2C(N)=O)C1. The van der Waals surface area contributed by atoms with Crippen LogP contribution < -0.4 is 11.1 Å². The van der Waals surface area contributed by atoms with E-state index in [-0.39, 0.29) is 11.7 Å². The standard InChI is InChI=1S/C16H18N4O2S2/c1-9-3-4-10-11(7-9)24-15(13(10)14(17)22)20-12(21)8-23-16-18-5-2-6-19-16/h2,5-6,9H,3-4,7-8H2,1H3,(H2,17,22)(H,20,21)/t9-/m0/s1. The fourth-order valence-electron chi connectivity index (χ4n) is 2.75. The number of nitrogens with one attached hydrogen (secondary N) is 1. The van der Waals surface area contributed by atoms with Gasteiger partial charge in [-0.1, -0.05) is 18.7 Å². The summed E-state index contributed by atoms with van der Waals surface area (Å²) in [6, 6.07) is 1.72. The predicted octanol–water partition coefficient (Wildman–Crippen LogP) is 2.49. The monoisotopic (exact) mass is 362 g/mol. The van der Waals surface area contributed by atoms with Gasteiger partial charge in [-0.15, -0.1) is 11.3 Å². The summed E-state index contributed by atoms with van der Waals surface area (Å²) in [5.41, 5.74) is 7.05. The Morgan fingerprint density at radius 1 is 1.42 bits per heavy atom. The molecule has 1 aliphatic carbocycles. The van der Waals surface area contributed by atoms with E-state index in [0.29, 0.717) is 21.6 Å². The molecule has 2 heterocycles. The molecule has 1 atom stereocenters. The summed E-state index contributed by atoms with van der Waals surface area (Å²) in [5.74, 6) is 0.102. The number of primary amides is 1. The molecule has 3 rings (SSSR count). The third-order valence-corrected chi connectivity index (χ3v) is 5.93. The number of aromatic nitrogens is 2. The molecule has 126 valence electrons. The molecule has 6 nitrogen and oxygen atoms in total. The highest BCUT2D eigenvalue weighted by Gasteiger charge is 2.27. The Labute approximate surface area is 148 Å². The lowest BCUT2D eigenvalue weighted by Gasteiger charge is -2.18. The zero-order chi connectivity index (χ0) is 17.1. The van der Waals surface area contributed by atoms with E-state index < -0.39 is 5.91 Å². The fourth-order valence-corrected chi connectivity index (χ4v) is 4.79. The number of fused-ring (bicyclic) bond motifs is 1. The summed E-state index contributed by atoms with van der Waals surface area (Å²) in [4.78, 5) is 33.3.